The Bertz CT molecular complexity index is 791. The van der Waals surface area contributed by atoms with Gasteiger partial charge in [0.1, 0.15) is 0 Å². The SMILES string of the molecule is C/C=C(\C=C/CC)C(SCc1ccccc1)Sc1cnccc1C(F)(F)CF. The number of halogens is 3. The van der Waals surface area contributed by atoms with Crippen molar-refractivity contribution in [2.75, 3.05) is 6.67 Å². The van der Waals surface area contributed by atoms with E-state index in [0.29, 0.717) is 4.90 Å². The predicted molar refractivity (Wildman–Crippen MR) is 115 cm³/mol. The fraction of sp³-hybridized carbons (Fsp3) is 0.318. The van der Waals surface area contributed by atoms with Gasteiger partial charge in [-0.15, -0.1) is 23.5 Å². The average molecular weight is 424 g/mol. The molecule has 150 valence electrons. The summed E-state index contributed by atoms with van der Waals surface area (Å²) in [6, 6.07) is 11.2. The van der Waals surface area contributed by atoms with Gasteiger partial charge in [-0.2, -0.15) is 8.78 Å². The molecule has 0 fully saturated rings. The Morgan fingerprint density at radius 1 is 1.21 bits per heavy atom. The van der Waals surface area contributed by atoms with Gasteiger partial charge in [0.25, 0.3) is 0 Å². The highest BCUT2D eigenvalue weighted by atomic mass is 32.2. The zero-order valence-electron chi connectivity index (χ0n) is 15.9. The Morgan fingerprint density at radius 3 is 2.61 bits per heavy atom. The first-order valence-corrected chi connectivity index (χ1v) is 11.0. The summed E-state index contributed by atoms with van der Waals surface area (Å²) in [6.45, 7) is 2.26. The summed E-state index contributed by atoms with van der Waals surface area (Å²) in [4.78, 5) is 4.29. The van der Waals surface area contributed by atoms with Crippen molar-refractivity contribution in [3.8, 4) is 0 Å². The predicted octanol–water partition coefficient (Wildman–Crippen LogP) is 7.41. The number of benzene rings is 1. The molecule has 0 aliphatic carbocycles. The molecule has 1 unspecified atom stereocenters. The maximum absolute atomic E-state index is 14.1. The number of rotatable bonds is 10. The second-order valence-corrected chi connectivity index (χ2v) is 8.59. The van der Waals surface area contributed by atoms with E-state index in [0.717, 1.165) is 23.3 Å². The van der Waals surface area contributed by atoms with Crippen molar-refractivity contribution in [3.63, 3.8) is 0 Å². The number of aromatic nitrogens is 1. The number of allylic oxidation sites excluding steroid dienone is 3. The van der Waals surface area contributed by atoms with Crippen LogP contribution in [0.25, 0.3) is 0 Å². The van der Waals surface area contributed by atoms with Crippen molar-refractivity contribution >= 4 is 23.5 Å². The Morgan fingerprint density at radius 2 is 1.96 bits per heavy atom. The van der Waals surface area contributed by atoms with Crippen LogP contribution in [0.1, 0.15) is 31.4 Å². The number of hydrogen-bond acceptors (Lipinski definition) is 3. The maximum Gasteiger partial charge on any atom is 0.302 e. The van der Waals surface area contributed by atoms with Gasteiger partial charge in [-0.25, -0.2) is 4.39 Å². The van der Waals surface area contributed by atoms with E-state index in [2.05, 4.69) is 4.98 Å². The van der Waals surface area contributed by atoms with E-state index in [4.69, 9.17) is 0 Å². The number of alkyl halides is 3. The second kappa shape index (κ2) is 11.4. The maximum atomic E-state index is 14.1. The lowest BCUT2D eigenvalue weighted by Crippen LogP contribution is -2.17. The molecule has 0 N–H and O–H groups in total. The number of hydrogen-bond donors (Lipinski definition) is 0. The first-order chi connectivity index (χ1) is 13.5. The van der Waals surface area contributed by atoms with Gasteiger partial charge in [-0.3, -0.25) is 4.98 Å². The molecular formula is C22H24F3NS2. The van der Waals surface area contributed by atoms with Gasteiger partial charge in [-0.1, -0.05) is 55.5 Å². The Kier molecular flexibility index (Phi) is 9.19. The highest BCUT2D eigenvalue weighted by Gasteiger charge is 2.35. The summed E-state index contributed by atoms with van der Waals surface area (Å²) in [6.07, 6.45) is 9.63. The Hall–Kier alpha value is -1.66. The van der Waals surface area contributed by atoms with Gasteiger partial charge in [0, 0.05) is 28.6 Å². The van der Waals surface area contributed by atoms with E-state index in [-0.39, 0.29) is 10.1 Å². The third-order valence-electron chi connectivity index (χ3n) is 3.98. The van der Waals surface area contributed by atoms with Crippen molar-refractivity contribution in [2.24, 2.45) is 0 Å². The molecule has 0 bridgehead atoms. The van der Waals surface area contributed by atoms with Gasteiger partial charge < -0.3 is 0 Å². The molecule has 2 rings (SSSR count). The minimum atomic E-state index is -3.52. The van der Waals surface area contributed by atoms with Gasteiger partial charge >= 0.3 is 5.92 Å². The van der Waals surface area contributed by atoms with Crippen LogP contribution in [0.4, 0.5) is 13.2 Å². The highest BCUT2D eigenvalue weighted by Crippen LogP contribution is 2.42. The van der Waals surface area contributed by atoms with E-state index >= 15 is 0 Å². The van der Waals surface area contributed by atoms with Gasteiger partial charge in [0.2, 0.25) is 0 Å². The molecule has 0 spiro atoms. The van der Waals surface area contributed by atoms with E-state index < -0.39 is 12.6 Å². The molecule has 0 aliphatic rings. The zero-order chi connectivity index (χ0) is 20.4. The molecule has 0 aliphatic heterocycles. The molecule has 28 heavy (non-hydrogen) atoms. The van der Waals surface area contributed by atoms with Crippen molar-refractivity contribution in [2.45, 2.75) is 41.4 Å². The molecule has 1 aromatic carbocycles. The number of nitrogens with zero attached hydrogens (tertiary/aromatic N) is 1. The molecule has 1 atom stereocenters. The highest BCUT2D eigenvalue weighted by molar-refractivity contribution is 8.17. The smallest absolute Gasteiger partial charge is 0.264 e. The summed E-state index contributed by atoms with van der Waals surface area (Å²) < 4.78 is 41.0. The van der Waals surface area contributed by atoms with Gasteiger partial charge in [0.05, 0.1) is 4.58 Å². The molecular weight excluding hydrogens is 399 g/mol. The van der Waals surface area contributed by atoms with E-state index in [1.54, 1.807) is 11.8 Å². The molecule has 0 saturated carbocycles. The van der Waals surface area contributed by atoms with Crippen LogP contribution >= 0.6 is 23.5 Å². The largest absolute Gasteiger partial charge is 0.302 e. The monoisotopic (exact) mass is 423 g/mol. The molecule has 1 aromatic heterocycles. The van der Waals surface area contributed by atoms with Crippen LogP contribution in [-0.4, -0.2) is 16.2 Å². The lowest BCUT2D eigenvalue weighted by Gasteiger charge is -2.21. The first-order valence-electron chi connectivity index (χ1n) is 9.05. The molecule has 0 amide bonds. The van der Waals surface area contributed by atoms with E-state index in [1.165, 1.54) is 30.2 Å². The molecule has 0 saturated heterocycles. The molecule has 1 heterocycles. The van der Waals surface area contributed by atoms with Gasteiger partial charge in [-0.05, 0) is 30.5 Å². The summed E-state index contributed by atoms with van der Waals surface area (Å²) in [5, 5.41) is 0. The lowest BCUT2D eigenvalue weighted by molar-refractivity contribution is -0.0306. The standard InChI is InChI=1S/C22H24F3NS2/c1-3-5-11-18(4-2)21(27-15-17-9-7-6-8-10-17)28-20-14-26-13-12-19(20)22(24,25)16-23/h4-14,21H,3,15-16H2,1-2H3/b11-5-,18-4+. The van der Waals surface area contributed by atoms with Crippen LogP contribution < -0.4 is 0 Å². The summed E-state index contributed by atoms with van der Waals surface area (Å²) in [5.41, 5.74) is 1.88. The van der Waals surface area contributed by atoms with Gasteiger partial charge in [0.15, 0.2) is 6.67 Å². The number of thioether (sulfide) groups is 2. The van der Waals surface area contributed by atoms with Crippen LogP contribution in [0.2, 0.25) is 0 Å². The van der Waals surface area contributed by atoms with Crippen molar-refractivity contribution < 1.29 is 13.2 Å². The second-order valence-electron chi connectivity index (χ2n) is 6.06. The fourth-order valence-corrected chi connectivity index (χ4v) is 5.25. The first kappa shape index (κ1) is 22.6. The van der Waals surface area contributed by atoms with E-state index in [1.807, 2.05) is 62.4 Å². The summed E-state index contributed by atoms with van der Waals surface area (Å²) in [7, 11) is 0. The summed E-state index contributed by atoms with van der Waals surface area (Å²) >= 11 is 2.95. The minimum Gasteiger partial charge on any atom is -0.264 e. The number of pyridine rings is 1. The minimum absolute atomic E-state index is 0.119. The van der Waals surface area contributed by atoms with Crippen molar-refractivity contribution in [1.29, 1.82) is 0 Å². The lowest BCUT2D eigenvalue weighted by atomic mass is 10.1. The third-order valence-corrected chi connectivity index (χ3v) is 6.81. The van der Waals surface area contributed by atoms with Crippen LogP contribution in [0, 0.1) is 0 Å². The molecule has 6 heteroatoms. The Balaban J connectivity index is 2.30. The average Bonchev–Trinajstić information content (AvgIpc) is 2.73. The van der Waals surface area contributed by atoms with Crippen LogP contribution in [0.3, 0.4) is 0 Å². The topological polar surface area (TPSA) is 12.9 Å². The van der Waals surface area contributed by atoms with Crippen LogP contribution in [-0.2, 0) is 11.7 Å². The molecule has 0 radical (unpaired) electrons. The van der Waals surface area contributed by atoms with E-state index in [9.17, 15) is 13.2 Å². The third kappa shape index (κ3) is 6.45. The molecule has 1 nitrogen and oxygen atoms in total. The van der Waals surface area contributed by atoms with Crippen molar-refractivity contribution in [3.05, 3.63) is 83.7 Å². The molecule has 2 aromatic rings. The summed E-state index contributed by atoms with van der Waals surface area (Å²) in [5.74, 6) is -2.78. The van der Waals surface area contributed by atoms with Crippen molar-refractivity contribution in [1.82, 2.24) is 4.98 Å². The Labute approximate surface area is 173 Å². The normalized spacial score (nSPS) is 13.8. The quantitative estimate of drug-likeness (QED) is 0.224. The van der Waals surface area contributed by atoms with Crippen LogP contribution in [0.5, 0.6) is 0 Å². The fourth-order valence-electron chi connectivity index (χ4n) is 2.47. The van der Waals surface area contributed by atoms with Crippen LogP contribution in [0.15, 0.2) is 77.5 Å². The zero-order valence-corrected chi connectivity index (χ0v) is 17.6.